The van der Waals surface area contributed by atoms with Gasteiger partial charge in [0.15, 0.2) is 0 Å². The van der Waals surface area contributed by atoms with Crippen LogP contribution in [-0.2, 0) is 6.42 Å². The molecule has 4 heteroatoms. The molecule has 0 spiro atoms. The molecular weight excluding hydrogens is 307 g/mol. The van der Waals surface area contributed by atoms with E-state index in [0.717, 1.165) is 11.3 Å². The zero-order valence-electron chi connectivity index (χ0n) is 13.8. The van der Waals surface area contributed by atoms with Gasteiger partial charge in [0, 0.05) is 27.5 Å². The molecule has 1 aromatic carbocycles. The number of nitrogens with one attached hydrogen (secondary N) is 1. The predicted octanol–water partition coefficient (Wildman–Crippen LogP) is 5.09. The first kappa shape index (κ1) is 15.5. The summed E-state index contributed by atoms with van der Waals surface area (Å²) in [5.74, 6) is 0.687. The first-order valence-corrected chi connectivity index (χ1v) is 9.79. The van der Waals surface area contributed by atoms with Crippen molar-refractivity contribution in [2.45, 2.75) is 55.4 Å². The van der Waals surface area contributed by atoms with Gasteiger partial charge in [0.05, 0.1) is 0 Å². The number of likely N-dealkylation sites (tertiary alicyclic amines) is 1. The van der Waals surface area contributed by atoms with E-state index in [2.05, 4.69) is 29.1 Å². The predicted molar refractivity (Wildman–Crippen MR) is 96.1 cm³/mol. The topological polar surface area (TPSA) is 19.0 Å². The smallest absolute Gasteiger partial charge is 0.139 e. The zero-order chi connectivity index (χ0) is 15.8. The number of hydrogen-bond acceptors (Lipinski definition) is 2. The minimum Gasteiger partial charge on any atom is -0.358 e. The molecule has 4 rings (SSSR count). The number of alkyl halides is 1. The third kappa shape index (κ3) is 2.80. The van der Waals surface area contributed by atoms with E-state index in [1.165, 1.54) is 72.6 Å². The van der Waals surface area contributed by atoms with Gasteiger partial charge in [-0.05, 0) is 69.3 Å². The van der Waals surface area contributed by atoms with Gasteiger partial charge >= 0.3 is 0 Å². The van der Waals surface area contributed by atoms with E-state index in [4.69, 9.17) is 0 Å². The highest BCUT2D eigenvalue weighted by Crippen LogP contribution is 2.43. The number of nitrogens with zero attached hydrogens (tertiary/aromatic N) is 1. The van der Waals surface area contributed by atoms with Crippen molar-refractivity contribution in [1.29, 1.82) is 0 Å². The number of aromatic nitrogens is 1. The van der Waals surface area contributed by atoms with Crippen molar-refractivity contribution in [3.05, 3.63) is 29.5 Å². The second-order valence-electron chi connectivity index (χ2n) is 7.06. The Hall–Kier alpha value is -1.000. The van der Waals surface area contributed by atoms with Gasteiger partial charge in [-0.15, -0.1) is 0 Å². The summed E-state index contributed by atoms with van der Waals surface area (Å²) < 4.78 is 13.0. The summed E-state index contributed by atoms with van der Waals surface area (Å²) in [6.45, 7) is 1.21. The molecule has 1 aliphatic heterocycles. The Morgan fingerprint density at radius 1 is 1.26 bits per heavy atom. The number of likely N-dealkylation sites (N-methyl/N-ethyl adjacent to an activating group) is 1. The molecule has 0 radical (unpaired) electrons. The van der Waals surface area contributed by atoms with Gasteiger partial charge in [0.2, 0.25) is 0 Å². The Morgan fingerprint density at radius 2 is 2.13 bits per heavy atom. The van der Waals surface area contributed by atoms with Gasteiger partial charge in [0.1, 0.15) is 6.01 Å². The van der Waals surface area contributed by atoms with E-state index in [-0.39, 0.29) is 6.01 Å². The van der Waals surface area contributed by atoms with E-state index in [1.54, 1.807) is 0 Å². The van der Waals surface area contributed by atoms with Crippen LogP contribution in [0.25, 0.3) is 10.9 Å². The van der Waals surface area contributed by atoms with Crippen LogP contribution < -0.4 is 0 Å². The van der Waals surface area contributed by atoms with Crippen LogP contribution in [0.2, 0.25) is 0 Å². The molecule has 1 aromatic heterocycles. The standard InChI is InChI=1S/C19H25FN2S/c1-22-10-4-7-14(22)11-15-18-16(8-3-9-17(18)23-12-20)21-19(15)13-5-2-6-13/h3,8-9,13-14,21H,2,4-7,10-12H2,1H3/t14-/m1/s1. The summed E-state index contributed by atoms with van der Waals surface area (Å²) in [7, 11) is 2.24. The highest BCUT2D eigenvalue weighted by molar-refractivity contribution is 7.99. The van der Waals surface area contributed by atoms with Gasteiger partial charge in [0.25, 0.3) is 0 Å². The average molecular weight is 332 g/mol. The minimum atomic E-state index is -0.355. The zero-order valence-corrected chi connectivity index (χ0v) is 14.6. The molecule has 2 aromatic rings. The van der Waals surface area contributed by atoms with Crippen LogP contribution in [0.4, 0.5) is 4.39 Å². The molecule has 0 amide bonds. The third-order valence-electron chi connectivity index (χ3n) is 5.76. The van der Waals surface area contributed by atoms with Crippen LogP contribution in [0, 0.1) is 0 Å². The third-order valence-corrected chi connectivity index (χ3v) is 6.52. The molecule has 2 heterocycles. The molecular formula is C19H25FN2S. The molecule has 0 unspecified atom stereocenters. The molecule has 1 N–H and O–H groups in total. The van der Waals surface area contributed by atoms with Crippen molar-refractivity contribution in [1.82, 2.24) is 9.88 Å². The summed E-state index contributed by atoms with van der Waals surface area (Å²) in [4.78, 5) is 7.29. The molecule has 1 saturated carbocycles. The van der Waals surface area contributed by atoms with E-state index in [9.17, 15) is 4.39 Å². The Bertz CT molecular complexity index is 692. The first-order chi connectivity index (χ1) is 11.3. The number of aromatic amines is 1. The fraction of sp³-hybridized carbons (Fsp3) is 0.579. The lowest BCUT2D eigenvalue weighted by Crippen LogP contribution is -2.27. The number of hydrogen-bond donors (Lipinski definition) is 1. The van der Waals surface area contributed by atoms with Crippen LogP contribution in [0.15, 0.2) is 23.1 Å². The van der Waals surface area contributed by atoms with Crippen LogP contribution in [0.3, 0.4) is 0 Å². The van der Waals surface area contributed by atoms with Crippen molar-refractivity contribution in [2.75, 3.05) is 19.6 Å². The number of benzene rings is 1. The molecule has 1 atom stereocenters. The fourth-order valence-corrected chi connectivity index (χ4v) is 4.88. The minimum absolute atomic E-state index is 0.355. The fourth-order valence-electron chi connectivity index (χ4n) is 4.21. The molecule has 1 aliphatic carbocycles. The molecule has 1 saturated heterocycles. The molecule has 2 fully saturated rings. The molecule has 2 nitrogen and oxygen atoms in total. The van der Waals surface area contributed by atoms with Crippen molar-refractivity contribution in [2.24, 2.45) is 0 Å². The maximum Gasteiger partial charge on any atom is 0.139 e. The van der Waals surface area contributed by atoms with Crippen LogP contribution in [0.5, 0.6) is 0 Å². The first-order valence-electron chi connectivity index (χ1n) is 8.80. The lowest BCUT2D eigenvalue weighted by Gasteiger charge is -2.27. The SMILES string of the molecule is CN1CCC[C@@H]1Cc1c(C2CCC2)[nH]c2cccc(SCF)c12. The molecule has 2 aliphatic rings. The second kappa shape index (κ2) is 6.48. The highest BCUT2D eigenvalue weighted by Gasteiger charge is 2.29. The van der Waals surface area contributed by atoms with Gasteiger partial charge in [-0.3, -0.25) is 0 Å². The van der Waals surface area contributed by atoms with E-state index < -0.39 is 0 Å². The largest absolute Gasteiger partial charge is 0.358 e. The van der Waals surface area contributed by atoms with Crippen LogP contribution in [0.1, 0.15) is 49.3 Å². The van der Waals surface area contributed by atoms with Crippen molar-refractivity contribution < 1.29 is 4.39 Å². The summed E-state index contributed by atoms with van der Waals surface area (Å²) in [5.41, 5.74) is 4.11. The number of thioether (sulfide) groups is 1. The summed E-state index contributed by atoms with van der Waals surface area (Å²) in [6.07, 6.45) is 7.62. The van der Waals surface area contributed by atoms with E-state index >= 15 is 0 Å². The number of fused-ring (bicyclic) bond motifs is 1. The van der Waals surface area contributed by atoms with Crippen molar-refractivity contribution >= 4 is 22.7 Å². The van der Waals surface area contributed by atoms with E-state index in [0.29, 0.717) is 12.0 Å². The Kier molecular flexibility index (Phi) is 4.37. The average Bonchev–Trinajstić information content (AvgIpc) is 3.04. The maximum atomic E-state index is 13.0. The lowest BCUT2D eigenvalue weighted by atomic mass is 9.80. The Morgan fingerprint density at radius 3 is 2.78 bits per heavy atom. The maximum absolute atomic E-state index is 13.0. The van der Waals surface area contributed by atoms with E-state index in [1.807, 2.05) is 6.07 Å². The van der Waals surface area contributed by atoms with Gasteiger partial charge < -0.3 is 9.88 Å². The van der Waals surface area contributed by atoms with Crippen molar-refractivity contribution in [3.63, 3.8) is 0 Å². The normalized spacial score (nSPS) is 22.8. The van der Waals surface area contributed by atoms with Crippen molar-refractivity contribution in [3.8, 4) is 0 Å². The summed E-state index contributed by atoms with van der Waals surface area (Å²) >= 11 is 1.33. The molecule has 124 valence electrons. The molecule has 0 bridgehead atoms. The Balaban J connectivity index is 1.79. The van der Waals surface area contributed by atoms with Crippen LogP contribution in [-0.4, -0.2) is 35.5 Å². The van der Waals surface area contributed by atoms with Crippen LogP contribution >= 0.6 is 11.8 Å². The number of halogens is 1. The highest BCUT2D eigenvalue weighted by atomic mass is 32.2. The summed E-state index contributed by atoms with van der Waals surface area (Å²) in [6, 6.07) is 6.56. The second-order valence-corrected chi connectivity index (χ2v) is 8.00. The number of rotatable bonds is 5. The van der Waals surface area contributed by atoms with Gasteiger partial charge in [-0.25, -0.2) is 4.39 Å². The van der Waals surface area contributed by atoms with Gasteiger partial charge in [-0.2, -0.15) is 0 Å². The number of H-pyrrole nitrogens is 1. The quantitative estimate of drug-likeness (QED) is 0.769. The van der Waals surface area contributed by atoms with Gasteiger partial charge in [-0.1, -0.05) is 24.2 Å². The Labute approximate surface area is 141 Å². The summed E-state index contributed by atoms with van der Waals surface area (Å²) in [5, 5.41) is 1.29. The molecule has 23 heavy (non-hydrogen) atoms. The monoisotopic (exact) mass is 332 g/mol. The lowest BCUT2D eigenvalue weighted by molar-refractivity contribution is 0.308.